The third kappa shape index (κ3) is 4.80. The van der Waals surface area contributed by atoms with E-state index in [0.717, 1.165) is 4.88 Å². The molecule has 0 aliphatic carbocycles. The van der Waals surface area contributed by atoms with Gasteiger partial charge in [0.05, 0.1) is 39.4 Å². The van der Waals surface area contributed by atoms with Crippen LogP contribution in [0.15, 0.2) is 66.0 Å². The van der Waals surface area contributed by atoms with Crippen molar-refractivity contribution >= 4 is 45.5 Å². The van der Waals surface area contributed by atoms with Crippen LogP contribution in [0.5, 0.6) is 5.75 Å². The van der Waals surface area contributed by atoms with Crippen molar-refractivity contribution < 1.29 is 24.0 Å². The van der Waals surface area contributed by atoms with E-state index >= 15 is 0 Å². The molecule has 2 aromatic heterocycles. The number of thiophene rings is 1. The monoisotopic (exact) mass is 463 g/mol. The second kappa shape index (κ2) is 9.45. The molecule has 0 saturated carbocycles. The summed E-state index contributed by atoms with van der Waals surface area (Å²) in [6.45, 7) is -0.588. The molecule has 0 bridgehead atoms. The van der Waals surface area contributed by atoms with Crippen LogP contribution in [0, 0.1) is 10.1 Å². The number of pyridine rings is 1. The molecule has 1 amide bonds. The highest BCUT2D eigenvalue weighted by atomic mass is 32.1. The molecule has 9 nitrogen and oxygen atoms in total. The van der Waals surface area contributed by atoms with E-state index in [1.807, 2.05) is 23.6 Å². The van der Waals surface area contributed by atoms with Gasteiger partial charge in [-0.3, -0.25) is 14.9 Å². The Morgan fingerprint density at radius 2 is 1.94 bits per heavy atom. The van der Waals surface area contributed by atoms with Crippen LogP contribution in [0.25, 0.3) is 21.5 Å². The van der Waals surface area contributed by atoms with E-state index in [9.17, 15) is 19.7 Å². The number of nitro benzene ring substituents is 1. The number of benzene rings is 2. The molecule has 166 valence electrons. The number of non-ortho nitro benzene ring substituents is 1. The Morgan fingerprint density at radius 1 is 1.12 bits per heavy atom. The fourth-order valence-electron chi connectivity index (χ4n) is 3.20. The summed E-state index contributed by atoms with van der Waals surface area (Å²) in [5.74, 6) is -1.12. The van der Waals surface area contributed by atoms with Crippen LogP contribution < -0.4 is 10.1 Å². The van der Waals surface area contributed by atoms with E-state index in [-0.39, 0.29) is 22.7 Å². The molecule has 0 aliphatic rings. The van der Waals surface area contributed by atoms with Crippen LogP contribution in [-0.2, 0) is 9.53 Å². The lowest BCUT2D eigenvalue weighted by atomic mass is 10.1. The number of nitro groups is 1. The number of hydrogen-bond acceptors (Lipinski definition) is 8. The predicted octanol–water partition coefficient (Wildman–Crippen LogP) is 4.68. The smallest absolute Gasteiger partial charge is 0.339 e. The number of hydrogen-bond donors (Lipinski definition) is 1. The van der Waals surface area contributed by atoms with Gasteiger partial charge in [-0.2, -0.15) is 0 Å². The molecule has 2 aromatic carbocycles. The number of nitrogens with one attached hydrogen (secondary N) is 1. The Labute approximate surface area is 191 Å². The fourth-order valence-corrected chi connectivity index (χ4v) is 3.88. The molecule has 10 heteroatoms. The second-order valence-electron chi connectivity index (χ2n) is 6.82. The maximum atomic E-state index is 12.9. The Bertz CT molecular complexity index is 1350. The number of fused-ring (bicyclic) bond motifs is 1. The molecular weight excluding hydrogens is 446 g/mol. The summed E-state index contributed by atoms with van der Waals surface area (Å²) in [4.78, 5) is 41.2. The molecule has 0 unspecified atom stereocenters. The van der Waals surface area contributed by atoms with Gasteiger partial charge in [0.25, 0.3) is 11.6 Å². The quantitative estimate of drug-likeness (QED) is 0.240. The van der Waals surface area contributed by atoms with E-state index in [4.69, 9.17) is 9.47 Å². The average Bonchev–Trinajstić information content (AvgIpc) is 3.37. The lowest BCUT2D eigenvalue weighted by molar-refractivity contribution is -0.384. The van der Waals surface area contributed by atoms with E-state index in [2.05, 4.69) is 10.3 Å². The van der Waals surface area contributed by atoms with Crippen molar-refractivity contribution in [2.75, 3.05) is 19.0 Å². The number of amides is 1. The predicted molar refractivity (Wildman–Crippen MR) is 124 cm³/mol. The molecule has 0 fully saturated rings. The van der Waals surface area contributed by atoms with Gasteiger partial charge in [-0.15, -0.1) is 11.3 Å². The van der Waals surface area contributed by atoms with E-state index in [0.29, 0.717) is 16.6 Å². The van der Waals surface area contributed by atoms with Gasteiger partial charge >= 0.3 is 5.97 Å². The first-order valence-corrected chi connectivity index (χ1v) is 10.6. The maximum absolute atomic E-state index is 12.9. The molecule has 2 heterocycles. The SMILES string of the molecule is COc1ccc([N+](=O)[O-])cc1NC(=O)COC(=O)c1cc(-c2cccs2)nc2ccccc12. The zero-order valence-electron chi connectivity index (χ0n) is 17.3. The second-order valence-corrected chi connectivity index (χ2v) is 7.76. The summed E-state index contributed by atoms with van der Waals surface area (Å²) in [7, 11) is 1.37. The number of nitrogens with zero attached hydrogens (tertiary/aromatic N) is 2. The molecule has 0 saturated heterocycles. The third-order valence-electron chi connectivity index (χ3n) is 4.71. The molecule has 0 spiro atoms. The molecule has 0 aliphatic heterocycles. The number of para-hydroxylation sites is 1. The minimum atomic E-state index is -0.687. The van der Waals surface area contributed by atoms with E-state index in [1.54, 1.807) is 24.3 Å². The van der Waals surface area contributed by atoms with Crippen molar-refractivity contribution in [3.05, 3.63) is 81.7 Å². The first-order valence-electron chi connectivity index (χ1n) is 9.69. The molecule has 4 rings (SSSR count). The molecule has 0 radical (unpaired) electrons. The number of anilines is 1. The minimum absolute atomic E-state index is 0.0992. The van der Waals surface area contributed by atoms with Crippen LogP contribution in [0.2, 0.25) is 0 Å². The number of methoxy groups -OCH3 is 1. The Kier molecular flexibility index (Phi) is 6.27. The average molecular weight is 463 g/mol. The highest BCUT2D eigenvalue weighted by Gasteiger charge is 2.18. The van der Waals surface area contributed by atoms with Crippen LogP contribution in [0.4, 0.5) is 11.4 Å². The minimum Gasteiger partial charge on any atom is -0.495 e. The Morgan fingerprint density at radius 3 is 2.67 bits per heavy atom. The first kappa shape index (κ1) is 21.9. The number of carbonyl (C=O) groups excluding carboxylic acids is 2. The zero-order valence-corrected chi connectivity index (χ0v) is 18.1. The number of aromatic nitrogens is 1. The summed E-state index contributed by atoms with van der Waals surface area (Å²) >= 11 is 1.49. The van der Waals surface area contributed by atoms with Gasteiger partial charge in [0.2, 0.25) is 0 Å². The van der Waals surface area contributed by atoms with E-state index < -0.39 is 23.4 Å². The lowest BCUT2D eigenvalue weighted by Crippen LogP contribution is -2.21. The lowest BCUT2D eigenvalue weighted by Gasteiger charge is -2.11. The zero-order chi connectivity index (χ0) is 23.4. The van der Waals surface area contributed by atoms with Crippen molar-refractivity contribution in [2.45, 2.75) is 0 Å². The van der Waals surface area contributed by atoms with Gasteiger partial charge in [-0.1, -0.05) is 24.3 Å². The fraction of sp³-hybridized carbons (Fsp3) is 0.0870. The van der Waals surface area contributed by atoms with Crippen molar-refractivity contribution in [1.82, 2.24) is 4.98 Å². The van der Waals surface area contributed by atoms with Crippen molar-refractivity contribution in [3.63, 3.8) is 0 Å². The summed E-state index contributed by atoms with van der Waals surface area (Å²) in [5.41, 5.74) is 1.42. The summed E-state index contributed by atoms with van der Waals surface area (Å²) in [6.07, 6.45) is 0. The highest BCUT2D eigenvalue weighted by molar-refractivity contribution is 7.13. The van der Waals surface area contributed by atoms with Crippen LogP contribution in [0.3, 0.4) is 0 Å². The van der Waals surface area contributed by atoms with Gasteiger partial charge in [0, 0.05) is 17.5 Å². The van der Waals surface area contributed by atoms with Crippen molar-refractivity contribution in [2.24, 2.45) is 0 Å². The normalized spacial score (nSPS) is 10.6. The van der Waals surface area contributed by atoms with Crippen LogP contribution >= 0.6 is 11.3 Å². The molecule has 1 N–H and O–H groups in total. The van der Waals surface area contributed by atoms with Gasteiger partial charge < -0.3 is 14.8 Å². The maximum Gasteiger partial charge on any atom is 0.339 e. The number of esters is 1. The van der Waals surface area contributed by atoms with Crippen LogP contribution in [-0.4, -0.2) is 35.5 Å². The molecule has 33 heavy (non-hydrogen) atoms. The van der Waals surface area contributed by atoms with Gasteiger partial charge in [-0.05, 0) is 29.6 Å². The number of rotatable bonds is 7. The van der Waals surface area contributed by atoms with Crippen molar-refractivity contribution in [3.8, 4) is 16.3 Å². The van der Waals surface area contributed by atoms with E-state index in [1.165, 1.54) is 36.6 Å². The van der Waals surface area contributed by atoms with Crippen LogP contribution in [0.1, 0.15) is 10.4 Å². The molecule has 4 aromatic rings. The Balaban J connectivity index is 1.53. The third-order valence-corrected chi connectivity index (χ3v) is 5.60. The first-order chi connectivity index (χ1) is 16.0. The van der Waals surface area contributed by atoms with Crippen molar-refractivity contribution in [1.29, 1.82) is 0 Å². The molecule has 0 atom stereocenters. The summed E-state index contributed by atoms with van der Waals surface area (Å²) in [6, 6.07) is 16.4. The summed E-state index contributed by atoms with van der Waals surface area (Å²) < 4.78 is 10.4. The van der Waals surface area contributed by atoms with Gasteiger partial charge in [-0.25, -0.2) is 9.78 Å². The highest BCUT2D eigenvalue weighted by Crippen LogP contribution is 2.30. The van der Waals surface area contributed by atoms with Gasteiger partial charge in [0.1, 0.15) is 5.75 Å². The van der Waals surface area contributed by atoms with Gasteiger partial charge in [0.15, 0.2) is 6.61 Å². The largest absolute Gasteiger partial charge is 0.495 e. The Hall–Kier alpha value is -4.31. The molecular formula is C23H17N3O6S. The standard InChI is InChI=1S/C23H17N3O6S/c1-31-20-9-8-14(26(29)30)11-18(20)25-22(27)13-32-23(28)16-12-19(21-7-4-10-33-21)24-17-6-3-2-5-15(16)17/h2-12H,13H2,1H3,(H,25,27). The summed E-state index contributed by atoms with van der Waals surface area (Å²) in [5, 5.41) is 16.0. The number of ether oxygens (including phenoxy) is 2. The topological polar surface area (TPSA) is 121 Å². The number of carbonyl (C=O) groups is 2.